The van der Waals surface area contributed by atoms with E-state index in [4.69, 9.17) is 10.00 Å². The summed E-state index contributed by atoms with van der Waals surface area (Å²) in [5.74, 6) is 0. The third-order valence-electron chi connectivity index (χ3n) is 2.94. The zero-order chi connectivity index (χ0) is 11.4. The maximum Gasteiger partial charge on any atom is 0.101 e. The third-order valence-corrected chi connectivity index (χ3v) is 2.94. The topological polar surface area (TPSA) is 36.3 Å². The Morgan fingerprint density at radius 2 is 2.31 bits per heavy atom. The molecule has 0 amide bonds. The fourth-order valence-electron chi connectivity index (χ4n) is 2.09. The zero-order valence-corrected chi connectivity index (χ0v) is 9.52. The fourth-order valence-corrected chi connectivity index (χ4v) is 2.09. The summed E-state index contributed by atoms with van der Waals surface area (Å²) in [5, 5.41) is 9.02. The Labute approximate surface area is 96.2 Å². The van der Waals surface area contributed by atoms with E-state index in [2.05, 4.69) is 11.0 Å². The molecule has 1 aromatic carbocycles. The van der Waals surface area contributed by atoms with Gasteiger partial charge >= 0.3 is 0 Å². The van der Waals surface area contributed by atoms with Gasteiger partial charge in [-0.05, 0) is 25.0 Å². The van der Waals surface area contributed by atoms with Gasteiger partial charge < -0.3 is 9.64 Å². The van der Waals surface area contributed by atoms with Gasteiger partial charge in [0.1, 0.15) is 6.07 Å². The van der Waals surface area contributed by atoms with E-state index in [1.165, 1.54) is 0 Å². The van der Waals surface area contributed by atoms with Crippen molar-refractivity contribution in [2.45, 2.75) is 18.9 Å². The van der Waals surface area contributed by atoms with Crippen molar-refractivity contribution in [2.24, 2.45) is 0 Å². The summed E-state index contributed by atoms with van der Waals surface area (Å²) < 4.78 is 5.59. The van der Waals surface area contributed by atoms with E-state index < -0.39 is 0 Å². The largest absolute Gasteiger partial charge is 0.376 e. The molecule has 0 spiro atoms. The van der Waals surface area contributed by atoms with Gasteiger partial charge in [-0.25, -0.2) is 0 Å². The van der Waals surface area contributed by atoms with Gasteiger partial charge in [0.25, 0.3) is 0 Å². The van der Waals surface area contributed by atoms with E-state index in [-0.39, 0.29) is 0 Å². The highest BCUT2D eigenvalue weighted by Crippen LogP contribution is 2.21. The molecular formula is C13H16N2O. The fraction of sp³-hybridized carbons (Fsp3) is 0.462. The summed E-state index contributed by atoms with van der Waals surface area (Å²) in [6.07, 6.45) is 2.59. The van der Waals surface area contributed by atoms with Crippen LogP contribution in [0.2, 0.25) is 0 Å². The molecule has 0 aliphatic carbocycles. The van der Waals surface area contributed by atoms with E-state index in [1.807, 2.05) is 31.3 Å². The number of likely N-dealkylation sites (N-methyl/N-ethyl adjacent to an activating group) is 1. The van der Waals surface area contributed by atoms with Crippen LogP contribution in [0, 0.1) is 11.3 Å². The lowest BCUT2D eigenvalue weighted by atomic mass is 10.1. The lowest BCUT2D eigenvalue weighted by Crippen LogP contribution is -2.28. The van der Waals surface area contributed by atoms with Crippen molar-refractivity contribution < 1.29 is 4.74 Å². The van der Waals surface area contributed by atoms with E-state index in [0.717, 1.165) is 37.2 Å². The number of ether oxygens (including phenoxy) is 1. The van der Waals surface area contributed by atoms with Crippen molar-refractivity contribution in [3.05, 3.63) is 29.8 Å². The highest BCUT2D eigenvalue weighted by atomic mass is 16.5. The molecule has 1 unspecified atom stereocenters. The molecule has 0 aromatic heterocycles. The molecule has 1 aliphatic heterocycles. The van der Waals surface area contributed by atoms with Crippen molar-refractivity contribution in [2.75, 3.05) is 25.1 Å². The Morgan fingerprint density at radius 3 is 3.00 bits per heavy atom. The van der Waals surface area contributed by atoms with Crippen LogP contribution < -0.4 is 4.90 Å². The Morgan fingerprint density at radius 1 is 1.50 bits per heavy atom. The maximum absolute atomic E-state index is 9.02. The van der Waals surface area contributed by atoms with Crippen molar-refractivity contribution in [1.29, 1.82) is 5.26 Å². The minimum Gasteiger partial charge on any atom is -0.376 e. The monoisotopic (exact) mass is 216 g/mol. The molecule has 3 heteroatoms. The molecule has 1 aliphatic rings. The number of rotatable bonds is 3. The van der Waals surface area contributed by atoms with Gasteiger partial charge in [-0.2, -0.15) is 5.26 Å². The molecule has 0 radical (unpaired) electrons. The summed E-state index contributed by atoms with van der Waals surface area (Å²) in [7, 11) is 2.01. The molecule has 1 saturated heterocycles. The molecule has 1 aromatic rings. The van der Waals surface area contributed by atoms with Gasteiger partial charge in [0.05, 0.1) is 17.4 Å². The smallest absolute Gasteiger partial charge is 0.101 e. The predicted molar refractivity (Wildman–Crippen MR) is 63.4 cm³/mol. The lowest BCUT2D eigenvalue weighted by Gasteiger charge is -2.23. The predicted octanol–water partition coefficient (Wildman–Crippen LogP) is 2.17. The van der Waals surface area contributed by atoms with Crippen molar-refractivity contribution in [1.82, 2.24) is 0 Å². The molecule has 1 fully saturated rings. The van der Waals surface area contributed by atoms with E-state index in [0.29, 0.717) is 6.10 Å². The molecule has 0 bridgehead atoms. The van der Waals surface area contributed by atoms with Crippen LogP contribution in [0.5, 0.6) is 0 Å². The van der Waals surface area contributed by atoms with Crippen molar-refractivity contribution in [3.8, 4) is 6.07 Å². The zero-order valence-electron chi connectivity index (χ0n) is 9.52. The summed E-state index contributed by atoms with van der Waals surface area (Å²) in [6.45, 7) is 1.73. The number of benzene rings is 1. The van der Waals surface area contributed by atoms with Gasteiger partial charge in [0.15, 0.2) is 0 Å². The third kappa shape index (κ3) is 2.34. The summed E-state index contributed by atoms with van der Waals surface area (Å²) in [4.78, 5) is 2.11. The molecule has 0 saturated carbocycles. The minimum atomic E-state index is 0.316. The van der Waals surface area contributed by atoms with E-state index in [1.54, 1.807) is 0 Å². The number of hydrogen-bond donors (Lipinski definition) is 0. The molecule has 16 heavy (non-hydrogen) atoms. The second-order valence-electron chi connectivity index (χ2n) is 4.14. The Balaban J connectivity index is 2.08. The van der Waals surface area contributed by atoms with Crippen LogP contribution in [-0.4, -0.2) is 26.3 Å². The molecule has 3 nitrogen and oxygen atoms in total. The van der Waals surface area contributed by atoms with Crippen molar-refractivity contribution >= 4 is 5.69 Å². The van der Waals surface area contributed by atoms with Crippen LogP contribution in [0.15, 0.2) is 24.3 Å². The van der Waals surface area contributed by atoms with Gasteiger partial charge in [-0.15, -0.1) is 0 Å². The van der Waals surface area contributed by atoms with E-state index in [9.17, 15) is 0 Å². The van der Waals surface area contributed by atoms with Crippen LogP contribution >= 0.6 is 0 Å². The summed E-state index contributed by atoms with van der Waals surface area (Å²) >= 11 is 0. The number of para-hydroxylation sites is 1. The first-order chi connectivity index (χ1) is 7.81. The number of anilines is 1. The van der Waals surface area contributed by atoms with Crippen LogP contribution in [0.4, 0.5) is 5.69 Å². The Kier molecular flexibility index (Phi) is 3.43. The Hall–Kier alpha value is -1.53. The molecule has 1 atom stereocenters. The SMILES string of the molecule is CN(CC1CCCO1)c1ccccc1C#N. The summed E-state index contributed by atoms with van der Waals surface area (Å²) in [6, 6.07) is 9.90. The van der Waals surface area contributed by atoms with Crippen LogP contribution in [0.3, 0.4) is 0 Å². The first-order valence-corrected chi connectivity index (χ1v) is 5.63. The van der Waals surface area contributed by atoms with E-state index >= 15 is 0 Å². The normalized spacial score (nSPS) is 19.4. The standard InChI is InChI=1S/C13H16N2O/c1-15(10-12-6-4-8-16-12)13-7-3-2-5-11(13)9-14/h2-3,5,7,12H,4,6,8,10H2,1H3. The molecule has 84 valence electrons. The van der Waals surface area contributed by atoms with Crippen LogP contribution in [0.25, 0.3) is 0 Å². The second kappa shape index (κ2) is 5.00. The molecule has 2 rings (SSSR count). The van der Waals surface area contributed by atoms with Gasteiger partial charge in [-0.1, -0.05) is 12.1 Å². The Bertz CT molecular complexity index is 391. The molecule has 0 N–H and O–H groups in total. The quantitative estimate of drug-likeness (QED) is 0.777. The maximum atomic E-state index is 9.02. The number of hydrogen-bond acceptors (Lipinski definition) is 3. The second-order valence-corrected chi connectivity index (χ2v) is 4.14. The minimum absolute atomic E-state index is 0.316. The van der Waals surface area contributed by atoms with Gasteiger partial charge in [0, 0.05) is 20.2 Å². The lowest BCUT2D eigenvalue weighted by molar-refractivity contribution is 0.116. The molecular weight excluding hydrogens is 200 g/mol. The van der Waals surface area contributed by atoms with Crippen molar-refractivity contribution in [3.63, 3.8) is 0 Å². The highest BCUT2D eigenvalue weighted by Gasteiger charge is 2.18. The first-order valence-electron chi connectivity index (χ1n) is 5.63. The number of nitrogens with zero attached hydrogens (tertiary/aromatic N) is 2. The summed E-state index contributed by atoms with van der Waals surface area (Å²) in [5.41, 5.74) is 1.71. The first kappa shape index (κ1) is 11.0. The highest BCUT2D eigenvalue weighted by molar-refractivity contribution is 5.58. The average molecular weight is 216 g/mol. The average Bonchev–Trinajstić information content (AvgIpc) is 2.81. The number of nitriles is 1. The van der Waals surface area contributed by atoms with Crippen LogP contribution in [-0.2, 0) is 4.74 Å². The van der Waals surface area contributed by atoms with Gasteiger partial charge in [0.2, 0.25) is 0 Å². The van der Waals surface area contributed by atoms with Crippen LogP contribution in [0.1, 0.15) is 18.4 Å². The van der Waals surface area contributed by atoms with Gasteiger partial charge in [-0.3, -0.25) is 0 Å². The molecule has 1 heterocycles.